The van der Waals surface area contributed by atoms with Gasteiger partial charge in [-0.3, -0.25) is 9.71 Å². The molecule has 0 aliphatic carbocycles. The van der Waals surface area contributed by atoms with E-state index >= 15 is 0 Å². The van der Waals surface area contributed by atoms with Crippen molar-refractivity contribution in [3.05, 3.63) is 65.5 Å². The van der Waals surface area contributed by atoms with Gasteiger partial charge in [0.2, 0.25) is 0 Å². The average Bonchev–Trinajstić information content (AvgIpc) is 2.66. The van der Waals surface area contributed by atoms with Gasteiger partial charge in [0.25, 0.3) is 10.0 Å². The van der Waals surface area contributed by atoms with E-state index in [9.17, 15) is 8.42 Å². The minimum atomic E-state index is -3.72. The molecule has 1 aromatic heterocycles. The Hall–Kier alpha value is -2.40. The molecule has 26 heavy (non-hydrogen) atoms. The standard InChI is InChI=1S/C21H23N2O2S/c1-4-15-11-16(5-2)21(17(6-3)12-15)26(24,25)23-20-14-22-13-18-9-7-8-10-19(18)20/h7-12,14,23H,4-6H2,1-3H3. The number of hydrogen-bond donors (Lipinski definition) is 1. The lowest BCUT2D eigenvalue weighted by molar-refractivity contribution is 0.599. The fraction of sp³-hybridized carbons (Fsp3) is 0.286. The normalized spacial score (nSPS) is 11.7. The number of anilines is 1. The van der Waals surface area contributed by atoms with Crippen LogP contribution in [0.3, 0.4) is 0 Å². The highest BCUT2D eigenvalue weighted by molar-refractivity contribution is 7.92. The molecule has 0 unspecified atom stereocenters. The molecule has 1 N–H and O–H groups in total. The first kappa shape index (κ1) is 18.4. The van der Waals surface area contributed by atoms with E-state index in [0.29, 0.717) is 23.4 Å². The van der Waals surface area contributed by atoms with Gasteiger partial charge in [-0.05, 0) is 36.0 Å². The van der Waals surface area contributed by atoms with Gasteiger partial charge in [0.15, 0.2) is 0 Å². The first-order valence-electron chi connectivity index (χ1n) is 8.93. The lowest BCUT2D eigenvalue weighted by Crippen LogP contribution is -2.18. The molecule has 0 amide bonds. The summed E-state index contributed by atoms with van der Waals surface area (Å²) in [7, 11) is -3.72. The summed E-state index contributed by atoms with van der Waals surface area (Å²) >= 11 is 0. The topological polar surface area (TPSA) is 59.1 Å². The monoisotopic (exact) mass is 367 g/mol. The fourth-order valence-corrected chi connectivity index (χ4v) is 4.88. The van der Waals surface area contributed by atoms with Gasteiger partial charge < -0.3 is 0 Å². The number of aryl methyl sites for hydroxylation is 3. The second-order valence-electron chi connectivity index (χ2n) is 6.24. The van der Waals surface area contributed by atoms with Gasteiger partial charge in [0.05, 0.1) is 23.0 Å². The molecule has 0 fully saturated rings. The molecule has 0 spiro atoms. The molecule has 135 valence electrons. The Morgan fingerprint density at radius 2 is 1.65 bits per heavy atom. The van der Waals surface area contributed by atoms with Gasteiger partial charge in [-0.2, -0.15) is 0 Å². The zero-order valence-electron chi connectivity index (χ0n) is 15.3. The molecule has 0 aliphatic heterocycles. The van der Waals surface area contributed by atoms with Crippen molar-refractivity contribution in [2.45, 2.75) is 44.9 Å². The van der Waals surface area contributed by atoms with Crippen LogP contribution in [0.4, 0.5) is 5.69 Å². The highest BCUT2D eigenvalue weighted by atomic mass is 32.2. The number of nitrogens with zero attached hydrogens (tertiary/aromatic N) is 1. The Bertz CT molecular complexity index is 1010. The number of fused-ring (bicyclic) bond motifs is 1. The van der Waals surface area contributed by atoms with Crippen molar-refractivity contribution in [2.24, 2.45) is 0 Å². The maximum atomic E-state index is 13.3. The van der Waals surface area contributed by atoms with Crippen molar-refractivity contribution in [3.63, 3.8) is 0 Å². The Labute approximate surface area is 155 Å². The van der Waals surface area contributed by atoms with Crippen LogP contribution in [0.1, 0.15) is 37.5 Å². The van der Waals surface area contributed by atoms with Crippen LogP contribution < -0.4 is 4.72 Å². The lowest BCUT2D eigenvalue weighted by atomic mass is 10.0. The van der Waals surface area contributed by atoms with Crippen LogP contribution >= 0.6 is 0 Å². The van der Waals surface area contributed by atoms with E-state index in [2.05, 4.69) is 22.8 Å². The van der Waals surface area contributed by atoms with Crippen molar-refractivity contribution < 1.29 is 8.42 Å². The molecule has 5 heteroatoms. The highest BCUT2D eigenvalue weighted by Gasteiger charge is 2.23. The summed E-state index contributed by atoms with van der Waals surface area (Å²) in [4.78, 5) is 4.45. The summed E-state index contributed by atoms with van der Waals surface area (Å²) in [5.74, 6) is 0. The molecule has 4 nitrogen and oxygen atoms in total. The second kappa shape index (κ2) is 7.46. The molecule has 0 saturated heterocycles. The second-order valence-corrected chi connectivity index (χ2v) is 7.86. The van der Waals surface area contributed by atoms with Crippen molar-refractivity contribution in [2.75, 3.05) is 4.72 Å². The van der Waals surface area contributed by atoms with E-state index in [0.717, 1.165) is 28.3 Å². The van der Waals surface area contributed by atoms with E-state index in [1.165, 1.54) is 11.8 Å². The molecule has 3 rings (SSSR count). The van der Waals surface area contributed by atoms with E-state index in [1.807, 2.05) is 50.2 Å². The number of rotatable bonds is 6. The first-order valence-corrected chi connectivity index (χ1v) is 10.4. The first-order chi connectivity index (χ1) is 12.5. The third kappa shape index (κ3) is 3.44. The summed E-state index contributed by atoms with van der Waals surface area (Å²) in [5, 5.41) is 1.56. The maximum absolute atomic E-state index is 13.3. The molecular weight excluding hydrogens is 344 g/mol. The smallest absolute Gasteiger partial charge is 0.262 e. The van der Waals surface area contributed by atoms with Gasteiger partial charge in [0.1, 0.15) is 0 Å². The minimum Gasteiger partial charge on any atom is -0.277 e. The summed E-state index contributed by atoms with van der Waals surface area (Å²) in [5.41, 5.74) is 3.35. The number of benzene rings is 2. The van der Waals surface area contributed by atoms with E-state index in [-0.39, 0.29) is 0 Å². The summed E-state index contributed by atoms with van der Waals surface area (Å²) in [6.45, 7) is 6.06. The summed E-state index contributed by atoms with van der Waals surface area (Å²) in [6.07, 6.45) is 6.62. The predicted octanol–water partition coefficient (Wildman–Crippen LogP) is 4.52. The largest absolute Gasteiger partial charge is 0.277 e. The van der Waals surface area contributed by atoms with Crippen LogP contribution in [0.25, 0.3) is 10.8 Å². The highest BCUT2D eigenvalue weighted by Crippen LogP contribution is 2.29. The molecule has 0 bridgehead atoms. The van der Waals surface area contributed by atoms with E-state index in [1.54, 1.807) is 0 Å². The zero-order valence-corrected chi connectivity index (χ0v) is 16.2. The van der Waals surface area contributed by atoms with Gasteiger partial charge in [0, 0.05) is 10.8 Å². The molecule has 0 saturated carbocycles. The third-order valence-electron chi connectivity index (χ3n) is 4.58. The average molecular weight is 367 g/mol. The molecule has 0 aliphatic rings. The molecule has 0 atom stereocenters. The van der Waals surface area contributed by atoms with Crippen LogP contribution in [-0.2, 0) is 29.3 Å². The van der Waals surface area contributed by atoms with E-state index < -0.39 is 10.0 Å². The van der Waals surface area contributed by atoms with Crippen molar-refractivity contribution in [3.8, 4) is 0 Å². The molecular formula is C21H23N2O2S. The molecule has 1 heterocycles. The number of aromatic nitrogens is 1. The Balaban J connectivity index is 2.14. The van der Waals surface area contributed by atoms with Crippen LogP contribution in [0.15, 0.2) is 47.5 Å². The SMILES string of the molecule is CCc1cc(CC)c(S(=O)(=O)Nc2cn[c]c3ccccc23)c(CC)c1. The Morgan fingerprint density at radius 3 is 2.27 bits per heavy atom. The van der Waals surface area contributed by atoms with Gasteiger partial charge in [-0.25, -0.2) is 8.42 Å². The third-order valence-corrected chi connectivity index (χ3v) is 6.13. The lowest BCUT2D eigenvalue weighted by Gasteiger charge is -2.17. The summed E-state index contributed by atoms with van der Waals surface area (Å²) < 4.78 is 29.3. The zero-order chi connectivity index (χ0) is 18.7. The quantitative estimate of drug-likeness (QED) is 0.697. The number of hydrogen-bond acceptors (Lipinski definition) is 3. The van der Waals surface area contributed by atoms with Gasteiger partial charge in [-0.15, -0.1) is 0 Å². The van der Waals surface area contributed by atoms with Crippen molar-refractivity contribution >= 4 is 26.5 Å². The van der Waals surface area contributed by atoms with Crippen LogP contribution in [0.5, 0.6) is 0 Å². The number of nitrogens with one attached hydrogen (secondary N) is 1. The van der Waals surface area contributed by atoms with Crippen molar-refractivity contribution in [1.82, 2.24) is 4.98 Å². The van der Waals surface area contributed by atoms with Crippen LogP contribution in [0.2, 0.25) is 0 Å². The van der Waals surface area contributed by atoms with Gasteiger partial charge in [-0.1, -0.05) is 57.2 Å². The Morgan fingerprint density at radius 1 is 1.00 bits per heavy atom. The Kier molecular flexibility index (Phi) is 5.28. The maximum Gasteiger partial charge on any atom is 0.262 e. The predicted molar refractivity (Wildman–Crippen MR) is 106 cm³/mol. The van der Waals surface area contributed by atoms with Gasteiger partial charge >= 0.3 is 0 Å². The molecule has 2 aromatic carbocycles. The number of sulfonamides is 1. The molecule has 1 radical (unpaired) electrons. The van der Waals surface area contributed by atoms with Crippen LogP contribution in [0, 0.1) is 6.20 Å². The van der Waals surface area contributed by atoms with Crippen molar-refractivity contribution in [1.29, 1.82) is 0 Å². The van der Waals surface area contributed by atoms with Crippen LogP contribution in [-0.4, -0.2) is 13.4 Å². The fourth-order valence-electron chi connectivity index (χ4n) is 3.23. The minimum absolute atomic E-state index is 0.400. The molecule has 3 aromatic rings. The van der Waals surface area contributed by atoms with E-state index in [4.69, 9.17) is 0 Å². The summed E-state index contributed by atoms with van der Waals surface area (Å²) in [6, 6.07) is 11.5. The number of pyridine rings is 1.